The van der Waals surface area contributed by atoms with Gasteiger partial charge in [-0.1, -0.05) is 36.4 Å². The number of amides is 1. The number of hydrogen-bond acceptors (Lipinski definition) is 3. The lowest BCUT2D eigenvalue weighted by Crippen LogP contribution is -2.28. The first-order valence-corrected chi connectivity index (χ1v) is 7.87. The maximum atomic E-state index is 13.6. The van der Waals surface area contributed by atoms with E-state index in [9.17, 15) is 14.3 Å². The molecule has 25 heavy (non-hydrogen) atoms. The topological polar surface area (TPSA) is 67.2 Å². The van der Waals surface area contributed by atoms with Crippen LogP contribution in [0.3, 0.4) is 0 Å². The average molecular weight is 339 g/mol. The molecule has 6 heteroatoms. The lowest BCUT2D eigenvalue weighted by molar-refractivity contribution is 0.0914. The number of nitrogens with zero attached hydrogens (tertiary/aromatic N) is 2. The minimum absolute atomic E-state index is 0.0880. The molecule has 0 radical (unpaired) electrons. The normalized spacial score (nSPS) is 12.0. The number of carbonyl (C=O) groups excluding carboxylic acids is 1. The number of para-hydroxylation sites is 1. The maximum Gasteiger partial charge on any atom is 0.254 e. The van der Waals surface area contributed by atoms with Crippen molar-refractivity contribution in [1.82, 2.24) is 15.1 Å². The van der Waals surface area contributed by atoms with Crippen molar-refractivity contribution < 1.29 is 14.3 Å². The van der Waals surface area contributed by atoms with Crippen LogP contribution in [-0.4, -0.2) is 27.3 Å². The molecule has 2 aromatic carbocycles. The van der Waals surface area contributed by atoms with Gasteiger partial charge in [0, 0.05) is 18.3 Å². The van der Waals surface area contributed by atoms with E-state index in [0.29, 0.717) is 5.56 Å². The third-order valence-corrected chi connectivity index (χ3v) is 3.93. The molecule has 0 aliphatic heterocycles. The Morgan fingerprint density at radius 3 is 2.72 bits per heavy atom. The van der Waals surface area contributed by atoms with E-state index >= 15 is 0 Å². The molecule has 0 fully saturated rings. The molecule has 1 heterocycles. The summed E-state index contributed by atoms with van der Waals surface area (Å²) < 4.78 is 15.3. The number of rotatable bonds is 5. The van der Waals surface area contributed by atoms with Crippen LogP contribution >= 0.6 is 0 Å². The highest BCUT2D eigenvalue weighted by Crippen LogP contribution is 2.16. The van der Waals surface area contributed by atoms with Gasteiger partial charge in [-0.15, -0.1) is 0 Å². The van der Waals surface area contributed by atoms with E-state index in [1.165, 1.54) is 18.3 Å². The smallest absolute Gasteiger partial charge is 0.254 e. The molecule has 1 amide bonds. The standard InChI is InChI=1S/C19H18FN3O2/c1-13-6-2-5-9-17(13)23-12-14(10-22-23)19(25)21-11-18(24)15-7-3-4-8-16(15)20/h2-10,12,18,24H,11H2,1H3,(H,21,25). The summed E-state index contributed by atoms with van der Waals surface area (Å²) in [5.41, 5.74) is 2.43. The number of hydrogen-bond donors (Lipinski definition) is 2. The van der Waals surface area contributed by atoms with E-state index in [0.717, 1.165) is 11.3 Å². The second-order valence-corrected chi connectivity index (χ2v) is 5.71. The predicted octanol–water partition coefficient (Wildman–Crippen LogP) is 2.78. The molecule has 0 saturated carbocycles. The largest absolute Gasteiger partial charge is 0.386 e. The fourth-order valence-corrected chi connectivity index (χ4v) is 2.54. The van der Waals surface area contributed by atoms with Crippen LogP contribution in [0.4, 0.5) is 4.39 Å². The third-order valence-electron chi connectivity index (χ3n) is 3.93. The van der Waals surface area contributed by atoms with Crippen LogP contribution in [0, 0.1) is 12.7 Å². The second-order valence-electron chi connectivity index (χ2n) is 5.71. The van der Waals surface area contributed by atoms with Crippen molar-refractivity contribution in [2.45, 2.75) is 13.0 Å². The number of aryl methyl sites for hydroxylation is 1. The number of benzene rings is 2. The summed E-state index contributed by atoms with van der Waals surface area (Å²) in [6.07, 6.45) is 1.96. The highest BCUT2D eigenvalue weighted by Gasteiger charge is 2.15. The lowest BCUT2D eigenvalue weighted by atomic mass is 10.1. The minimum atomic E-state index is -1.11. The Balaban J connectivity index is 1.67. The minimum Gasteiger partial charge on any atom is -0.386 e. The van der Waals surface area contributed by atoms with Crippen molar-refractivity contribution in [2.24, 2.45) is 0 Å². The van der Waals surface area contributed by atoms with Crippen molar-refractivity contribution >= 4 is 5.91 Å². The van der Waals surface area contributed by atoms with Crippen LogP contribution in [0.5, 0.6) is 0 Å². The summed E-state index contributed by atoms with van der Waals surface area (Å²) in [5, 5.41) is 16.8. The van der Waals surface area contributed by atoms with Crippen molar-refractivity contribution in [3.63, 3.8) is 0 Å². The van der Waals surface area contributed by atoms with Crippen LogP contribution < -0.4 is 5.32 Å². The fourth-order valence-electron chi connectivity index (χ4n) is 2.54. The molecule has 1 atom stereocenters. The van der Waals surface area contributed by atoms with Crippen molar-refractivity contribution in [3.05, 3.63) is 83.4 Å². The van der Waals surface area contributed by atoms with Crippen LogP contribution in [0.2, 0.25) is 0 Å². The van der Waals surface area contributed by atoms with E-state index in [4.69, 9.17) is 0 Å². The molecule has 1 unspecified atom stereocenters. The Morgan fingerprint density at radius 2 is 1.96 bits per heavy atom. The van der Waals surface area contributed by atoms with E-state index in [-0.39, 0.29) is 18.0 Å². The molecule has 3 rings (SSSR count). The molecule has 0 saturated heterocycles. The number of aromatic nitrogens is 2. The van der Waals surface area contributed by atoms with Crippen molar-refractivity contribution in [2.75, 3.05) is 6.54 Å². The molecule has 0 bridgehead atoms. The quantitative estimate of drug-likeness (QED) is 0.751. The summed E-state index contributed by atoms with van der Waals surface area (Å²) in [6, 6.07) is 13.6. The zero-order valence-corrected chi connectivity index (χ0v) is 13.7. The number of halogens is 1. The van der Waals surface area contributed by atoms with Gasteiger partial charge in [-0.2, -0.15) is 5.10 Å². The van der Waals surface area contributed by atoms with Gasteiger partial charge in [0.25, 0.3) is 5.91 Å². The van der Waals surface area contributed by atoms with E-state index in [1.807, 2.05) is 31.2 Å². The summed E-state index contributed by atoms with van der Waals surface area (Å²) >= 11 is 0. The molecule has 2 N–H and O–H groups in total. The second kappa shape index (κ2) is 7.27. The van der Waals surface area contributed by atoms with E-state index in [2.05, 4.69) is 10.4 Å². The summed E-state index contributed by atoms with van der Waals surface area (Å²) in [6.45, 7) is 1.87. The summed E-state index contributed by atoms with van der Waals surface area (Å²) in [4.78, 5) is 12.2. The van der Waals surface area contributed by atoms with Gasteiger partial charge < -0.3 is 10.4 Å². The van der Waals surface area contributed by atoms with Crippen molar-refractivity contribution in [3.8, 4) is 5.69 Å². The fraction of sp³-hybridized carbons (Fsp3) is 0.158. The lowest BCUT2D eigenvalue weighted by Gasteiger charge is -2.12. The van der Waals surface area contributed by atoms with Gasteiger partial charge in [0.15, 0.2) is 0 Å². The third kappa shape index (κ3) is 3.75. The molecule has 0 spiro atoms. The van der Waals surface area contributed by atoms with Gasteiger partial charge in [0.2, 0.25) is 0 Å². The zero-order chi connectivity index (χ0) is 17.8. The molecule has 3 aromatic rings. The SMILES string of the molecule is Cc1ccccc1-n1cc(C(=O)NCC(O)c2ccccc2F)cn1. The maximum absolute atomic E-state index is 13.6. The predicted molar refractivity (Wildman–Crippen MR) is 92.0 cm³/mol. The van der Waals surface area contributed by atoms with Crippen LogP contribution in [0.1, 0.15) is 27.6 Å². The van der Waals surface area contributed by atoms with Gasteiger partial charge >= 0.3 is 0 Å². The molecule has 128 valence electrons. The molecular weight excluding hydrogens is 321 g/mol. The van der Waals surface area contributed by atoms with Gasteiger partial charge in [0.1, 0.15) is 5.82 Å². The van der Waals surface area contributed by atoms with Crippen molar-refractivity contribution in [1.29, 1.82) is 0 Å². The molecule has 5 nitrogen and oxygen atoms in total. The molecular formula is C19H18FN3O2. The van der Waals surface area contributed by atoms with Crippen LogP contribution in [0.25, 0.3) is 5.69 Å². The number of aliphatic hydroxyl groups excluding tert-OH is 1. The first kappa shape index (κ1) is 16.9. The Labute approximate surface area is 144 Å². The Kier molecular flexibility index (Phi) is 4.90. The highest BCUT2D eigenvalue weighted by molar-refractivity contribution is 5.93. The Bertz CT molecular complexity index is 892. The summed E-state index contributed by atoms with van der Waals surface area (Å²) in [5.74, 6) is -0.883. The monoisotopic (exact) mass is 339 g/mol. The van der Waals surface area contributed by atoms with E-state index < -0.39 is 11.9 Å². The first-order chi connectivity index (χ1) is 12.1. The molecule has 0 aliphatic carbocycles. The van der Waals surface area contributed by atoms with Gasteiger partial charge in [0.05, 0.1) is 23.6 Å². The Hall–Kier alpha value is -2.99. The number of aliphatic hydroxyl groups is 1. The van der Waals surface area contributed by atoms with Gasteiger partial charge in [-0.3, -0.25) is 4.79 Å². The number of nitrogens with one attached hydrogen (secondary N) is 1. The number of carbonyl (C=O) groups is 1. The first-order valence-electron chi connectivity index (χ1n) is 7.87. The van der Waals surface area contributed by atoms with Gasteiger partial charge in [-0.05, 0) is 24.6 Å². The average Bonchev–Trinajstić information content (AvgIpc) is 3.10. The van der Waals surface area contributed by atoms with Crippen LogP contribution in [0.15, 0.2) is 60.9 Å². The molecule has 1 aromatic heterocycles. The Morgan fingerprint density at radius 1 is 1.24 bits per heavy atom. The van der Waals surface area contributed by atoms with Crippen LogP contribution in [-0.2, 0) is 0 Å². The zero-order valence-electron chi connectivity index (χ0n) is 13.7. The van der Waals surface area contributed by atoms with Gasteiger partial charge in [-0.25, -0.2) is 9.07 Å². The van der Waals surface area contributed by atoms with E-state index in [1.54, 1.807) is 23.0 Å². The highest BCUT2D eigenvalue weighted by atomic mass is 19.1. The molecule has 0 aliphatic rings. The summed E-state index contributed by atoms with van der Waals surface area (Å²) in [7, 11) is 0.